The number of nitrogens with zero attached hydrogens (tertiary/aromatic N) is 5. The van der Waals surface area contributed by atoms with Crippen molar-refractivity contribution in [2.24, 2.45) is 10.3 Å². The van der Waals surface area contributed by atoms with Crippen LogP contribution in [0.5, 0.6) is 0 Å². The lowest BCUT2D eigenvalue weighted by Gasteiger charge is -2.33. The van der Waals surface area contributed by atoms with Crippen LogP contribution in [0.2, 0.25) is 0 Å². The van der Waals surface area contributed by atoms with Gasteiger partial charge in [0.1, 0.15) is 0 Å². The molecular weight excluding hydrogens is 422 g/mol. The van der Waals surface area contributed by atoms with Crippen LogP contribution >= 0.6 is 0 Å². The van der Waals surface area contributed by atoms with Gasteiger partial charge in [-0.3, -0.25) is 9.80 Å². The molecule has 3 aliphatic heterocycles. The van der Waals surface area contributed by atoms with Crippen LogP contribution in [-0.4, -0.2) is 61.0 Å². The predicted molar refractivity (Wildman–Crippen MR) is 138 cm³/mol. The predicted octanol–water partition coefficient (Wildman–Crippen LogP) is 6.08. The summed E-state index contributed by atoms with van der Waals surface area (Å²) in [5.41, 5.74) is 5.38. The van der Waals surface area contributed by atoms with Crippen LogP contribution in [0.4, 0.5) is 11.4 Å². The molecule has 1 aliphatic carbocycles. The van der Waals surface area contributed by atoms with Crippen molar-refractivity contribution in [3.63, 3.8) is 0 Å². The van der Waals surface area contributed by atoms with E-state index in [4.69, 9.17) is 0 Å². The number of carbonyl (C=O) groups excluding carboxylic acids is 1. The molecule has 2 aromatic rings. The summed E-state index contributed by atoms with van der Waals surface area (Å²) in [5, 5.41) is 11.2. The highest BCUT2D eigenvalue weighted by molar-refractivity contribution is 6.24. The number of fused-ring (bicyclic) bond motifs is 7. The number of carbonyl (C=O) groups is 1. The molecule has 0 amide bonds. The Morgan fingerprint density at radius 3 is 2.41 bits per heavy atom. The fraction of sp³-hybridized carbons (Fsp3) is 0.536. The van der Waals surface area contributed by atoms with Crippen LogP contribution in [0, 0.1) is 0 Å². The summed E-state index contributed by atoms with van der Waals surface area (Å²) < 4.78 is 0. The SMILES string of the molecule is CCCCN(CCCC)N=Nc1cccc2c1C(=O)c1cc(N3CCN4CCC3CC4)ccc1-2. The molecule has 0 spiro atoms. The average Bonchev–Trinajstić information content (AvgIpc) is 3.03. The van der Waals surface area contributed by atoms with Gasteiger partial charge in [-0.1, -0.05) is 50.1 Å². The smallest absolute Gasteiger partial charge is 0.196 e. The summed E-state index contributed by atoms with van der Waals surface area (Å²) in [6.07, 6.45) is 6.87. The number of ketones is 1. The lowest BCUT2D eigenvalue weighted by Crippen LogP contribution is -2.37. The average molecular weight is 460 g/mol. The highest BCUT2D eigenvalue weighted by Gasteiger charge is 2.33. The van der Waals surface area contributed by atoms with Crippen LogP contribution in [-0.2, 0) is 0 Å². The number of unbranched alkanes of at least 4 members (excludes halogenated alkanes) is 2. The van der Waals surface area contributed by atoms with Crippen LogP contribution in [0.3, 0.4) is 0 Å². The maximum absolute atomic E-state index is 13.6. The first kappa shape index (κ1) is 23.0. The van der Waals surface area contributed by atoms with E-state index < -0.39 is 0 Å². The van der Waals surface area contributed by atoms with Gasteiger partial charge in [-0.05, 0) is 55.0 Å². The van der Waals surface area contributed by atoms with Crippen molar-refractivity contribution in [3.05, 3.63) is 47.5 Å². The number of piperidine rings is 1. The van der Waals surface area contributed by atoms with Gasteiger partial charge in [0.15, 0.2) is 5.78 Å². The largest absolute Gasteiger partial charge is 0.367 e. The van der Waals surface area contributed by atoms with Gasteiger partial charge in [0, 0.05) is 56.6 Å². The summed E-state index contributed by atoms with van der Waals surface area (Å²) in [5.74, 6) is 0.0814. The highest BCUT2D eigenvalue weighted by Crippen LogP contribution is 2.43. The Labute approximate surface area is 203 Å². The fourth-order valence-corrected chi connectivity index (χ4v) is 5.58. The molecule has 0 aromatic heterocycles. The van der Waals surface area contributed by atoms with Crippen molar-refractivity contribution in [2.75, 3.05) is 44.2 Å². The van der Waals surface area contributed by atoms with Crippen molar-refractivity contribution in [1.29, 1.82) is 0 Å². The Balaban J connectivity index is 1.41. The normalized spacial score (nSPS) is 21.1. The van der Waals surface area contributed by atoms with Crippen LogP contribution in [0.15, 0.2) is 46.7 Å². The Morgan fingerprint density at radius 2 is 1.68 bits per heavy atom. The molecule has 4 aliphatic rings. The third kappa shape index (κ3) is 4.48. The van der Waals surface area contributed by atoms with E-state index in [1.54, 1.807) is 0 Å². The highest BCUT2D eigenvalue weighted by atomic mass is 16.1. The third-order valence-electron chi connectivity index (χ3n) is 7.61. The zero-order valence-corrected chi connectivity index (χ0v) is 20.7. The maximum atomic E-state index is 13.6. The van der Waals surface area contributed by atoms with E-state index in [2.05, 4.69) is 57.2 Å². The second-order valence-corrected chi connectivity index (χ2v) is 9.88. The number of hydrogen-bond donors (Lipinski definition) is 0. The lowest BCUT2D eigenvalue weighted by molar-refractivity contribution is 0.104. The van der Waals surface area contributed by atoms with Gasteiger partial charge in [-0.15, -0.1) is 5.11 Å². The van der Waals surface area contributed by atoms with E-state index in [1.165, 1.54) is 31.6 Å². The third-order valence-corrected chi connectivity index (χ3v) is 7.61. The quantitative estimate of drug-likeness (QED) is 0.287. The Hall–Kier alpha value is -2.73. The monoisotopic (exact) mass is 459 g/mol. The molecule has 3 fully saturated rings. The Bertz CT molecular complexity index is 1050. The summed E-state index contributed by atoms with van der Waals surface area (Å²) in [6, 6.07) is 13.0. The van der Waals surface area contributed by atoms with Gasteiger partial charge in [-0.25, -0.2) is 0 Å². The molecule has 0 saturated carbocycles. The molecule has 0 unspecified atom stereocenters. The minimum absolute atomic E-state index is 0.0814. The van der Waals surface area contributed by atoms with Crippen LogP contribution in [0.1, 0.15) is 68.3 Å². The van der Waals surface area contributed by atoms with Gasteiger partial charge in [0.05, 0.1) is 11.3 Å². The first-order valence-electron chi connectivity index (χ1n) is 13.2. The molecule has 6 heteroatoms. The van der Waals surface area contributed by atoms with Gasteiger partial charge in [0.2, 0.25) is 0 Å². The van der Waals surface area contributed by atoms with E-state index in [9.17, 15) is 4.79 Å². The van der Waals surface area contributed by atoms with E-state index in [1.807, 2.05) is 18.2 Å². The minimum atomic E-state index is 0.0814. The summed E-state index contributed by atoms with van der Waals surface area (Å²) in [4.78, 5) is 18.7. The molecule has 0 radical (unpaired) electrons. The maximum Gasteiger partial charge on any atom is 0.196 e. The molecule has 34 heavy (non-hydrogen) atoms. The summed E-state index contributed by atoms with van der Waals surface area (Å²) in [7, 11) is 0. The lowest BCUT2D eigenvalue weighted by atomic mass is 10.0. The second-order valence-electron chi connectivity index (χ2n) is 9.88. The molecule has 6 rings (SSSR count). The van der Waals surface area contributed by atoms with Crippen molar-refractivity contribution < 1.29 is 4.79 Å². The van der Waals surface area contributed by atoms with Crippen molar-refractivity contribution in [1.82, 2.24) is 9.91 Å². The second kappa shape index (κ2) is 10.3. The topological polar surface area (TPSA) is 51.5 Å². The number of anilines is 1. The molecule has 2 aromatic carbocycles. The van der Waals surface area contributed by atoms with Gasteiger partial charge in [-0.2, -0.15) is 0 Å². The summed E-state index contributed by atoms with van der Waals surface area (Å²) >= 11 is 0. The van der Waals surface area contributed by atoms with Crippen molar-refractivity contribution >= 4 is 17.2 Å². The van der Waals surface area contributed by atoms with E-state index >= 15 is 0 Å². The molecule has 180 valence electrons. The number of rotatable bonds is 9. The van der Waals surface area contributed by atoms with E-state index in [0.29, 0.717) is 17.3 Å². The van der Waals surface area contributed by atoms with Gasteiger partial charge < -0.3 is 9.80 Å². The fourth-order valence-electron chi connectivity index (χ4n) is 5.58. The molecule has 3 saturated heterocycles. The summed E-state index contributed by atoms with van der Waals surface area (Å²) in [6.45, 7) is 10.7. The van der Waals surface area contributed by atoms with Crippen LogP contribution < -0.4 is 4.90 Å². The van der Waals surface area contributed by atoms with Gasteiger partial charge in [0.25, 0.3) is 0 Å². The molecule has 2 bridgehead atoms. The van der Waals surface area contributed by atoms with Crippen molar-refractivity contribution in [3.8, 4) is 11.1 Å². The van der Waals surface area contributed by atoms with E-state index in [-0.39, 0.29) is 5.78 Å². The molecule has 0 atom stereocenters. The minimum Gasteiger partial charge on any atom is -0.367 e. The van der Waals surface area contributed by atoms with Crippen LogP contribution in [0.25, 0.3) is 11.1 Å². The first-order chi connectivity index (χ1) is 16.7. The zero-order valence-electron chi connectivity index (χ0n) is 20.7. The zero-order chi connectivity index (χ0) is 23.5. The van der Waals surface area contributed by atoms with Crippen molar-refractivity contribution in [2.45, 2.75) is 58.4 Å². The molecule has 6 nitrogen and oxygen atoms in total. The standard InChI is InChI=1S/C28H37N5O/c1-3-5-14-32(15-6-4-2)30-29-26-9-7-8-24-23-11-10-22(20-25(23)28(34)27(24)26)33-19-18-31-16-12-21(33)13-17-31/h7-11,20-21H,3-6,12-19H2,1-2H3. The molecule has 0 N–H and O–H groups in total. The number of hydrogen-bond acceptors (Lipinski definition) is 5. The number of benzene rings is 2. The Kier molecular flexibility index (Phi) is 6.95. The molecule has 3 heterocycles. The van der Waals surface area contributed by atoms with E-state index in [0.717, 1.165) is 68.6 Å². The first-order valence-corrected chi connectivity index (χ1v) is 13.2. The Morgan fingerprint density at radius 1 is 0.912 bits per heavy atom. The van der Waals surface area contributed by atoms with Gasteiger partial charge >= 0.3 is 0 Å². The molecular formula is C28H37N5O.